The molecule has 4 N–H and O–H groups in total. The topological polar surface area (TPSA) is 129 Å². The van der Waals surface area contributed by atoms with Crippen LogP contribution >= 0.6 is 23.2 Å². The van der Waals surface area contributed by atoms with Gasteiger partial charge in [-0.05, 0) is 55.3 Å². The molecule has 214 valence electrons. The van der Waals surface area contributed by atoms with Gasteiger partial charge in [0.1, 0.15) is 12.2 Å². The molecular formula is C29H32Cl2N2O7. The number of aliphatic hydroxyl groups is 3. The number of carbonyl (C=O) groups is 2. The first kappa shape index (κ1) is 29.9. The summed E-state index contributed by atoms with van der Waals surface area (Å²) in [4.78, 5) is 28.4. The number of amides is 2. The minimum absolute atomic E-state index is 0.0121. The van der Waals surface area contributed by atoms with E-state index >= 15 is 0 Å². The number of hydrogen-bond acceptors (Lipinski definition) is 7. The van der Waals surface area contributed by atoms with E-state index in [2.05, 4.69) is 5.32 Å². The van der Waals surface area contributed by atoms with Crippen molar-refractivity contribution in [2.45, 2.75) is 51.2 Å². The standard InChI is InChI=1S/C29H32Cl2N2O7/c1-15(2)8-24(36)33(13-16-4-5-20(30)21(31)10-16)22-12-19(29(38)32-6-7-34)25-18-9-17(14-35)11-23(39-3)27(18)40-28(25)26(22)37/h4-5,8-12,22,25-26,28,34-35,37H,6-7,13-14H2,1-3H3,(H,32,38)/t22-,25+,26+,28+/m1/s1. The Morgan fingerprint density at radius 3 is 2.50 bits per heavy atom. The summed E-state index contributed by atoms with van der Waals surface area (Å²) in [5.74, 6) is -0.874. The van der Waals surface area contributed by atoms with Crippen LogP contribution in [0, 0.1) is 0 Å². The quantitative estimate of drug-likeness (QED) is 0.330. The third-order valence-electron chi connectivity index (χ3n) is 6.89. The Balaban J connectivity index is 1.84. The summed E-state index contributed by atoms with van der Waals surface area (Å²) in [6, 6.07) is 7.38. The molecule has 1 aliphatic carbocycles. The van der Waals surface area contributed by atoms with Crippen LogP contribution in [0.4, 0.5) is 0 Å². The molecule has 0 fully saturated rings. The lowest BCUT2D eigenvalue weighted by Gasteiger charge is -2.40. The third kappa shape index (κ3) is 5.99. The second-order valence-corrected chi connectivity index (χ2v) is 10.8. The Kier molecular flexibility index (Phi) is 9.43. The second kappa shape index (κ2) is 12.6. The van der Waals surface area contributed by atoms with Crippen molar-refractivity contribution in [1.82, 2.24) is 10.2 Å². The van der Waals surface area contributed by atoms with Crippen molar-refractivity contribution < 1.29 is 34.4 Å². The zero-order chi connectivity index (χ0) is 29.1. The van der Waals surface area contributed by atoms with Crippen molar-refractivity contribution in [1.29, 1.82) is 0 Å². The van der Waals surface area contributed by atoms with Crippen LogP contribution in [0.5, 0.6) is 11.5 Å². The van der Waals surface area contributed by atoms with Crippen LogP contribution in [-0.4, -0.2) is 70.5 Å². The molecule has 2 aromatic carbocycles. The van der Waals surface area contributed by atoms with Crippen molar-refractivity contribution in [3.8, 4) is 11.5 Å². The van der Waals surface area contributed by atoms with Crippen LogP contribution in [-0.2, 0) is 22.7 Å². The molecule has 2 aromatic rings. The van der Waals surface area contributed by atoms with Crippen LogP contribution in [0.15, 0.2) is 53.6 Å². The van der Waals surface area contributed by atoms with E-state index in [1.54, 1.807) is 50.3 Å². The Morgan fingerprint density at radius 1 is 1.12 bits per heavy atom. The predicted molar refractivity (Wildman–Crippen MR) is 150 cm³/mol. The average molecular weight is 591 g/mol. The molecule has 0 radical (unpaired) electrons. The summed E-state index contributed by atoms with van der Waals surface area (Å²) in [6.45, 7) is 3.11. The Morgan fingerprint density at radius 2 is 1.88 bits per heavy atom. The number of aliphatic hydroxyl groups excluding tert-OH is 3. The van der Waals surface area contributed by atoms with Gasteiger partial charge in [-0.3, -0.25) is 9.59 Å². The summed E-state index contributed by atoms with van der Waals surface area (Å²) in [7, 11) is 1.46. The number of carbonyl (C=O) groups excluding carboxylic acids is 2. The lowest BCUT2D eigenvalue weighted by Crippen LogP contribution is -2.55. The van der Waals surface area contributed by atoms with Crippen LogP contribution in [0.3, 0.4) is 0 Å². The lowest BCUT2D eigenvalue weighted by atomic mass is 9.77. The minimum Gasteiger partial charge on any atom is -0.493 e. The first-order valence-corrected chi connectivity index (χ1v) is 13.5. The molecule has 1 heterocycles. The van der Waals surface area contributed by atoms with Gasteiger partial charge in [-0.2, -0.15) is 0 Å². The number of halogens is 2. The fourth-order valence-corrected chi connectivity index (χ4v) is 5.43. The van der Waals surface area contributed by atoms with Gasteiger partial charge in [-0.25, -0.2) is 0 Å². The van der Waals surface area contributed by atoms with Crippen LogP contribution in [0.25, 0.3) is 0 Å². The SMILES string of the molecule is COc1cc(CO)cc2c1O[C@@H]1[C@@H](O)[C@H](N(Cc3ccc(Cl)c(Cl)c3)C(=O)C=C(C)C)C=C(C(=O)NCCO)[C@H]21. The summed E-state index contributed by atoms with van der Waals surface area (Å²) < 4.78 is 11.7. The summed E-state index contributed by atoms with van der Waals surface area (Å²) in [5.41, 5.74) is 2.80. The molecule has 9 nitrogen and oxygen atoms in total. The number of rotatable bonds is 9. The Hall–Kier alpha value is -3.08. The highest BCUT2D eigenvalue weighted by atomic mass is 35.5. The maximum absolute atomic E-state index is 13.5. The summed E-state index contributed by atoms with van der Waals surface area (Å²) in [5, 5.41) is 34.2. The molecular weight excluding hydrogens is 559 g/mol. The van der Waals surface area contributed by atoms with Crippen molar-refractivity contribution >= 4 is 35.0 Å². The maximum Gasteiger partial charge on any atom is 0.247 e. The number of nitrogens with zero attached hydrogens (tertiary/aromatic N) is 1. The zero-order valence-electron chi connectivity index (χ0n) is 22.4. The van der Waals surface area contributed by atoms with E-state index in [0.29, 0.717) is 38.2 Å². The minimum atomic E-state index is -1.24. The largest absolute Gasteiger partial charge is 0.493 e. The molecule has 4 atom stereocenters. The molecule has 40 heavy (non-hydrogen) atoms. The van der Waals surface area contributed by atoms with E-state index in [1.165, 1.54) is 18.1 Å². The first-order valence-electron chi connectivity index (χ1n) is 12.8. The number of allylic oxidation sites excluding steroid dienone is 1. The van der Waals surface area contributed by atoms with E-state index in [1.807, 2.05) is 0 Å². The van der Waals surface area contributed by atoms with Crippen molar-refractivity contribution in [3.63, 3.8) is 0 Å². The Bertz CT molecular complexity index is 1360. The number of hydrogen-bond donors (Lipinski definition) is 4. The van der Waals surface area contributed by atoms with Crippen molar-refractivity contribution in [2.24, 2.45) is 0 Å². The average Bonchev–Trinajstić information content (AvgIpc) is 3.32. The molecule has 0 spiro atoms. The number of benzene rings is 2. The van der Waals surface area contributed by atoms with E-state index in [-0.39, 0.29) is 37.8 Å². The van der Waals surface area contributed by atoms with Gasteiger partial charge in [0, 0.05) is 30.3 Å². The molecule has 0 unspecified atom stereocenters. The molecule has 2 aliphatic rings. The number of ether oxygens (including phenoxy) is 2. The highest BCUT2D eigenvalue weighted by molar-refractivity contribution is 6.42. The van der Waals surface area contributed by atoms with E-state index in [0.717, 1.165) is 5.57 Å². The zero-order valence-corrected chi connectivity index (χ0v) is 23.9. The van der Waals surface area contributed by atoms with E-state index < -0.39 is 30.1 Å². The van der Waals surface area contributed by atoms with Gasteiger partial charge in [-0.1, -0.05) is 34.8 Å². The highest BCUT2D eigenvalue weighted by Crippen LogP contribution is 2.51. The predicted octanol–water partition coefficient (Wildman–Crippen LogP) is 3.11. The van der Waals surface area contributed by atoms with Gasteiger partial charge in [0.2, 0.25) is 11.8 Å². The van der Waals surface area contributed by atoms with Crippen molar-refractivity contribution in [2.75, 3.05) is 20.3 Å². The molecule has 0 saturated carbocycles. The fourth-order valence-electron chi connectivity index (χ4n) is 5.11. The molecule has 0 aromatic heterocycles. The molecule has 0 saturated heterocycles. The fraction of sp³-hybridized carbons (Fsp3) is 0.379. The summed E-state index contributed by atoms with van der Waals surface area (Å²) >= 11 is 12.3. The first-order chi connectivity index (χ1) is 19.1. The highest BCUT2D eigenvalue weighted by Gasteiger charge is 2.51. The van der Waals surface area contributed by atoms with Gasteiger partial charge in [0.05, 0.1) is 42.3 Å². The molecule has 0 bridgehead atoms. The Labute approximate surface area is 242 Å². The maximum atomic E-state index is 13.5. The molecule has 1 aliphatic heterocycles. The molecule has 11 heteroatoms. The van der Waals surface area contributed by atoms with Gasteiger partial charge >= 0.3 is 0 Å². The van der Waals surface area contributed by atoms with E-state index in [9.17, 15) is 24.9 Å². The number of nitrogens with one attached hydrogen (secondary N) is 1. The second-order valence-electron chi connectivity index (χ2n) is 9.95. The number of methoxy groups -OCH3 is 1. The lowest BCUT2D eigenvalue weighted by molar-refractivity contribution is -0.133. The van der Waals surface area contributed by atoms with Gasteiger partial charge in [-0.15, -0.1) is 0 Å². The van der Waals surface area contributed by atoms with Gasteiger partial charge < -0.3 is 35.0 Å². The number of fused-ring (bicyclic) bond motifs is 3. The van der Waals surface area contributed by atoms with Crippen LogP contribution in [0.2, 0.25) is 10.0 Å². The van der Waals surface area contributed by atoms with Crippen molar-refractivity contribution in [3.05, 3.63) is 80.4 Å². The van der Waals surface area contributed by atoms with Crippen LogP contribution < -0.4 is 14.8 Å². The van der Waals surface area contributed by atoms with Gasteiger partial charge in [0.15, 0.2) is 11.5 Å². The molecule has 2 amide bonds. The monoisotopic (exact) mass is 590 g/mol. The van der Waals surface area contributed by atoms with Gasteiger partial charge in [0.25, 0.3) is 0 Å². The normalized spacial score (nSPS) is 20.9. The third-order valence-corrected chi connectivity index (χ3v) is 7.63. The van der Waals surface area contributed by atoms with E-state index in [4.69, 9.17) is 32.7 Å². The molecule has 4 rings (SSSR count). The summed E-state index contributed by atoms with van der Waals surface area (Å²) in [6.07, 6.45) is 0.838. The van der Waals surface area contributed by atoms with Crippen LogP contribution in [0.1, 0.15) is 36.5 Å². The smallest absolute Gasteiger partial charge is 0.247 e.